The van der Waals surface area contributed by atoms with Crippen LogP contribution in [0.1, 0.15) is 48.0 Å². The Morgan fingerprint density at radius 1 is 1.04 bits per heavy atom. The standard InChI is InChI=1S/C19H24N4O2/c20-14-15-5-3-6-16(13-15)18(24)22-9-4-10-23(12-11-22)19(25)21-17-7-1-2-8-17/h3,5-6,13,17H,1-2,4,7-12H2,(H,21,25). The maximum absolute atomic E-state index is 12.7. The van der Waals surface area contributed by atoms with Crippen LogP contribution in [0.3, 0.4) is 0 Å². The Hall–Kier alpha value is -2.55. The van der Waals surface area contributed by atoms with E-state index in [1.807, 2.05) is 4.90 Å². The number of nitriles is 1. The highest BCUT2D eigenvalue weighted by atomic mass is 16.2. The van der Waals surface area contributed by atoms with Gasteiger partial charge < -0.3 is 15.1 Å². The molecule has 0 unspecified atom stereocenters. The van der Waals surface area contributed by atoms with Crippen molar-refractivity contribution in [1.82, 2.24) is 15.1 Å². The van der Waals surface area contributed by atoms with E-state index in [-0.39, 0.29) is 11.9 Å². The number of hydrogen-bond acceptors (Lipinski definition) is 3. The second-order valence-corrected chi connectivity index (χ2v) is 6.76. The topological polar surface area (TPSA) is 76.4 Å². The van der Waals surface area contributed by atoms with E-state index in [4.69, 9.17) is 5.26 Å². The lowest BCUT2D eigenvalue weighted by atomic mass is 10.1. The predicted octanol–water partition coefficient (Wildman–Crippen LogP) is 2.36. The lowest BCUT2D eigenvalue weighted by Crippen LogP contribution is -2.45. The summed E-state index contributed by atoms with van der Waals surface area (Å²) in [5, 5.41) is 12.1. The van der Waals surface area contributed by atoms with Gasteiger partial charge in [-0.1, -0.05) is 18.9 Å². The summed E-state index contributed by atoms with van der Waals surface area (Å²) in [6.45, 7) is 2.36. The maximum atomic E-state index is 12.7. The fourth-order valence-corrected chi connectivity index (χ4v) is 3.56. The van der Waals surface area contributed by atoms with E-state index in [9.17, 15) is 9.59 Å². The predicted molar refractivity (Wildman–Crippen MR) is 94.0 cm³/mol. The minimum absolute atomic E-state index is 0.00678. The molecular weight excluding hydrogens is 316 g/mol. The van der Waals surface area contributed by atoms with Crippen LogP contribution in [0, 0.1) is 11.3 Å². The lowest BCUT2D eigenvalue weighted by molar-refractivity contribution is 0.0762. The summed E-state index contributed by atoms with van der Waals surface area (Å²) >= 11 is 0. The van der Waals surface area contributed by atoms with E-state index in [0.29, 0.717) is 43.3 Å². The smallest absolute Gasteiger partial charge is 0.317 e. The summed E-state index contributed by atoms with van der Waals surface area (Å²) in [7, 11) is 0. The molecular formula is C19H24N4O2. The molecule has 1 aromatic rings. The third-order valence-corrected chi connectivity index (χ3v) is 4.99. The van der Waals surface area contributed by atoms with Crippen LogP contribution in [0.4, 0.5) is 4.79 Å². The molecule has 1 aromatic carbocycles. The fraction of sp³-hybridized carbons (Fsp3) is 0.526. The summed E-state index contributed by atoms with van der Waals surface area (Å²) in [6.07, 6.45) is 5.28. The van der Waals surface area contributed by atoms with Gasteiger partial charge in [0.25, 0.3) is 5.91 Å². The first kappa shape index (κ1) is 17.3. The minimum atomic E-state index is -0.0739. The molecule has 0 aromatic heterocycles. The third-order valence-electron chi connectivity index (χ3n) is 4.99. The number of urea groups is 1. The summed E-state index contributed by atoms with van der Waals surface area (Å²) in [5.41, 5.74) is 1.01. The van der Waals surface area contributed by atoms with E-state index < -0.39 is 0 Å². The zero-order valence-electron chi connectivity index (χ0n) is 14.4. The number of hydrogen-bond donors (Lipinski definition) is 1. The molecule has 0 spiro atoms. The van der Waals surface area contributed by atoms with Gasteiger partial charge in [-0.15, -0.1) is 0 Å². The molecule has 132 valence electrons. The molecule has 2 aliphatic rings. The number of nitrogens with one attached hydrogen (secondary N) is 1. The van der Waals surface area contributed by atoms with Gasteiger partial charge in [-0.25, -0.2) is 4.79 Å². The van der Waals surface area contributed by atoms with Crippen molar-refractivity contribution in [3.8, 4) is 6.07 Å². The molecule has 2 fully saturated rings. The zero-order chi connectivity index (χ0) is 17.6. The molecule has 1 saturated heterocycles. The molecule has 0 atom stereocenters. The largest absolute Gasteiger partial charge is 0.337 e. The molecule has 1 saturated carbocycles. The van der Waals surface area contributed by atoms with E-state index in [1.165, 1.54) is 12.8 Å². The molecule has 1 N–H and O–H groups in total. The Balaban J connectivity index is 1.58. The Morgan fingerprint density at radius 2 is 1.76 bits per heavy atom. The molecule has 1 aliphatic heterocycles. The Bertz CT molecular complexity index is 676. The molecule has 25 heavy (non-hydrogen) atoms. The highest BCUT2D eigenvalue weighted by Gasteiger charge is 2.25. The maximum Gasteiger partial charge on any atom is 0.317 e. The number of benzene rings is 1. The van der Waals surface area contributed by atoms with Crippen LogP contribution in [-0.2, 0) is 0 Å². The van der Waals surface area contributed by atoms with Gasteiger partial charge in [0.2, 0.25) is 0 Å². The van der Waals surface area contributed by atoms with Gasteiger partial charge in [-0.05, 0) is 37.5 Å². The number of rotatable bonds is 2. The first-order chi connectivity index (χ1) is 12.2. The average Bonchev–Trinajstić information content (AvgIpc) is 3.02. The van der Waals surface area contributed by atoms with Crippen LogP contribution in [0.2, 0.25) is 0 Å². The second kappa shape index (κ2) is 8.02. The number of carbonyl (C=O) groups is 2. The zero-order valence-corrected chi connectivity index (χ0v) is 14.4. The molecule has 3 rings (SSSR count). The number of amides is 3. The van der Waals surface area contributed by atoms with Gasteiger partial charge in [0.1, 0.15) is 0 Å². The van der Waals surface area contributed by atoms with Crippen molar-refractivity contribution in [1.29, 1.82) is 5.26 Å². The van der Waals surface area contributed by atoms with Crippen LogP contribution in [0.5, 0.6) is 0 Å². The van der Waals surface area contributed by atoms with Crippen molar-refractivity contribution in [3.63, 3.8) is 0 Å². The van der Waals surface area contributed by atoms with Crippen LogP contribution < -0.4 is 5.32 Å². The molecule has 1 heterocycles. The van der Waals surface area contributed by atoms with Crippen LogP contribution in [0.25, 0.3) is 0 Å². The van der Waals surface area contributed by atoms with Crippen molar-refractivity contribution < 1.29 is 9.59 Å². The number of nitrogens with zero attached hydrogens (tertiary/aromatic N) is 3. The van der Waals surface area contributed by atoms with Crippen molar-refractivity contribution in [3.05, 3.63) is 35.4 Å². The van der Waals surface area contributed by atoms with Crippen molar-refractivity contribution in [2.45, 2.75) is 38.1 Å². The first-order valence-electron chi connectivity index (χ1n) is 9.02. The highest BCUT2D eigenvalue weighted by Crippen LogP contribution is 2.18. The summed E-state index contributed by atoms with van der Waals surface area (Å²) in [4.78, 5) is 28.7. The molecule has 3 amide bonds. The SMILES string of the molecule is N#Cc1cccc(C(=O)N2CCCN(C(=O)NC3CCCC3)CC2)c1. The average molecular weight is 340 g/mol. The fourth-order valence-electron chi connectivity index (χ4n) is 3.56. The van der Waals surface area contributed by atoms with Crippen LogP contribution in [-0.4, -0.2) is 54.0 Å². The molecule has 6 nitrogen and oxygen atoms in total. The molecule has 1 aliphatic carbocycles. The summed E-state index contributed by atoms with van der Waals surface area (Å²) in [5.74, 6) is -0.0739. The first-order valence-corrected chi connectivity index (χ1v) is 9.02. The van der Waals surface area contributed by atoms with E-state index in [2.05, 4.69) is 11.4 Å². The quantitative estimate of drug-likeness (QED) is 0.898. The summed E-state index contributed by atoms with van der Waals surface area (Å²) in [6, 6.07) is 9.14. The highest BCUT2D eigenvalue weighted by molar-refractivity contribution is 5.94. The monoisotopic (exact) mass is 340 g/mol. The second-order valence-electron chi connectivity index (χ2n) is 6.76. The van der Waals surface area contributed by atoms with Gasteiger partial charge in [0.05, 0.1) is 11.6 Å². The molecule has 0 bridgehead atoms. The van der Waals surface area contributed by atoms with E-state index in [0.717, 1.165) is 19.3 Å². The third kappa shape index (κ3) is 4.30. The van der Waals surface area contributed by atoms with Gasteiger partial charge in [-0.2, -0.15) is 5.26 Å². The van der Waals surface area contributed by atoms with Gasteiger partial charge in [0, 0.05) is 37.8 Å². The normalized spacial score (nSPS) is 18.5. The lowest BCUT2D eigenvalue weighted by Gasteiger charge is -2.24. The molecule has 0 radical (unpaired) electrons. The van der Waals surface area contributed by atoms with Crippen molar-refractivity contribution >= 4 is 11.9 Å². The Morgan fingerprint density at radius 3 is 2.52 bits per heavy atom. The number of carbonyl (C=O) groups excluding carboxylic acids is 2. The summed E-state index contributed by atoms with van der Waals surface area (Å²) < 4.78 is 0. The minimum Gasteiger partial charge on any atom is -0.337 e. The van der Waals surface area contributed by atoms with Gasteiger partial charge >= 0.3 is 6.03 Å². The van der Waals surface area contributed by atoms with Crippen molar-refractivity contribution in [2.24, 2.45) is 0 Å². The van der Waals surface area contributed by atoms with E-state index in [1.54, 1.807) is 29.2 Å². The van der Waals surface area contributed by atoms with Crippen LogP contribution in [0.15, 0.2) is 24.3 Å². The van der Waals surface area contributed by atoms with E-state index >= 15 is 0 Å². The van der Waals surface area contributed by atoms with Gasteiger partial charge in [-0.3, -0.25) is 4.79 Å². The van der Waals surface area contributed by atoms with Crippen molar-refractivity contribution in [2.75, 3.05) is 26.2 Å². The molecule has 6 heteroatoms. The Kier molecular flexibility index (Phi) is 5.54. The van der Waals surface area contributed by atoms with Crippen LogP contribution >= 0.6 is 0 Å². The van der Waals surface area contributed by atoms with Gasteiger partial charge in [0.15, 0.2) is 0 Å². The Labute approximate surface area is 148 Å².